The highest BCUT2D eigenvalue weighted by Crippen LogP contribution is 2.21. The van der Waals surface area contributed by atoms with Gasteiger partial charge in [-0.05, 0) is 44.2 Å². The van der Waals surface area contributed by atoms with E-state index in [-0.39, 0.29) is 0 Å². The highest BCUT2D eigenvalue weighted by Gasteiger charge is 2.01. The quantitative estimate of drug-likeness (QED) is 0.801. The van der Waals surface area contributed by atoms with Crippen LogP contribution in [0.3, 0.4) is 0 Å². The lowest BCUT2D eigenvalue weighted by atomic mass is 10.2. The van der Waals surface area contributed by atoms with Gasteiger partial charge in [0.1, 0.15) is 5.75 Å². The van der Waals surface area contributed by atoms with Gasteiger partial charge in [0, 0.05) is 16.6 Å². The molecule has 0 spiro atoms. The van der Waals surface area contributed by atoms with E-state index in [1.165, 1.54) is 11.1 Å². The predicted molar refractivity (Wildman–Crippen MR) is 62.2 cm³/mol. The van der Waals surface area contributed by atoms with E-state index in [9.17, 15) is 0 Å². The predicted octanol–water partition coefficient (Wildman–Crippen LogP) is 2.07. The third-order valence-electron chi connectivity index (χ3n) is 2.37. The van der Waals surface area contributed by atoms with Crippen molar-refractivity contribution < 1.29 is 4.74 Å². The lowest BCUT2D eigenvalue weighted by molar-refractivity contribution is 0.341. The van der Waals surface area contributed by atoms with Crippen molar-refractivity contribution in [1.82, 2.24) is 4.98 Å². The second kappa shape index (κ2) is 4.36. The summed E-state index contributed by atoms with van der Waals surface area (Å²) in [4.78, 5) is 3.33. The molecular weight excluding hydrogens is 188 g/mol. The zero-order valence-corrected chi connectivity index (χ0v) is 8.92. The summed E-state index contributed by atoms with van der Waals surface area (Å²) in [7, 11) is 0. The van der Waals surface area contributed by atoms with Gasteiger partial charge in [0.05, 0.1) is 6.61 Å². The first-order chi connectivity index (χ1) is 7.33. The fourth-order valence-electron chi connectivity index (χ4n) is 1.72. The van der Waals surface area contributed by atoms with Crippen LogP contribution in [0.5, 0.6) is 5.75 Å². The fourth-order valence-corrected chi connectivity index (χ4v) is 1.72. The molecule has 1 heterocycles. The smallest absolute Gasteiger partial charge is 0.120 e. The molecule has 0 aliphatic carbocycles. The minimum absolute atomic E-state index is 0.672. The van der Waals surface area contributed by atoms with E-state index in [0.29, 0.717) is 13.2 Å². The third kappa shape index (κ3) is 2.13. The Labute approximate surface area is 89.2 Å². The van der Waals surface area contributed by atoms with Crippen LogP contribution in [0, 0.1) is 0 Å². The molecule has 0 aliphatic rings. The van der Waals surface area contributed by atoms with E-state index in [4.69, 9.17) is 10.5 Å². The van der Waals surface area contributed by atoms with Crippen molar-refractivity contribution in [3.05, 3.63) is 30.0 Å². The lowest BCUT2D eigenvalue weighted by Gasteiger charge is -2.01. The molecule has 3 nitrogen and oxygen atoms in total. The summed E-state index contributed by atoms with van der Waals surface area (Å²) in [6, 6.07) is 8.20. The number of nitrogens with two attached hydrogens (primary N) is 1. The van der Waals surface area contributed by atoms with E-state index in [1.54, 1.807) is 0 Å². The van der Waals surface area contributed by atoms with E-state index < -0.39 is 0 Å². The van der Waals surface area contributed by atoms with E-state index in [2.05, 4.69) is 17.1 Å². The van der Waals surface area contributed by atoms with E-state index in [1.807, 2.05) is 19.1 Å². The summed E-state index contributed by atoms with van der Waals surface area (Å²) in [5.74, 6) is 0.920. The average Bonchev–Trinajstić information content (AvgIpc) is 2.60. The Morgan fingerprint density at radius 2 is 2.20 bits per heavy atom. The Hall–Kier alpha value is -1.48. The average molecular weight is 204 g/mol. The molecule has 2 rings (SSSR count). The zero-order chi connectivity index (χ0) is 10.7. The molecule has 0 unspecified atom stereocenters. The molecule has 80 valence electrons. The SMILES string of the molecule is CCOc1ccc2[nH]c(CCN)cc2c1. The lowest BCUT2D eigenvalue weighted by Crippen LogP contribution is -2.02. The Morgan fingerprint density at radius 1 is 1.33 bits per heavy atom. The molecule has 1 aromatic carbocycles. The number of rotatable bonds is 4. The maximum absolute atomic E-state index is 5.52. The van der Waals surface area contributed by atoms with Gasteiger partial charge in [-0.2, -0.15) is 0 Å². The number of H-pyrrole nitrogens is 1. The van der Waals surface area contributed by atoms with Gasteiger partial charge in [-0.25, -0.2) is 0 Å². The molecule has 0 radical (unpaired) electrons. The van der Waals surface area contributed by atoms with Crippen LogP contribution in [0.2, 0.25) is 0 Å². The van der Waals surface area contributed by atoms with Gasteiger partial charge in [0.2, 0.25) is 0 Å². The zero-order valence-electron chi connectivity index (χ0n) is 8.92. The third-order valence-corrected chi connectivity index (χ3v) is 2.37. The van der Waals surface area contributed by atoms with Gasteiger partial charge in [0.15, 0.2) is 0 Å². The number of ether oxygens (including phenoxy) is 1. The molecule has 0 fully saturated rings. The molecule has 0 saturated carbocycles. The highest BCUT2D eigenvalue weighted by atomic mass is 16.5. The molecule has 0 amide bonds. The van der Waals surface area contributed by atoms with Crippen LogP contribution in [0.15, 0.2) is 24.3 Å². The number of benzene rings is 1. The molecule has 1 aromatic heterocycles. The minimum Gasteiger partial charge on any atom is -0.494 e. The number of aromatic amines is 1. The first-order valence-corrected chi connectivity index (χ1v) is 5.28. The molecule has 3 N–H and O–H groups in total. The van der Waals surface area contributed by atoms with Crippen molar-refractivity contribution in [2.75, 3.05) is 13.2 Å². The van der Waals surface area contributed by atoms with Crippen LogP contribution >= 0.6 is 0 Å². The van der Waals surface area contributed by atoms with Crippen molar-refractivity contribution in [1.29, 1.82) is 0 Å². The van der Waals surface area contributed by atoms with Crippen LogP contribution in [0.4, 0.5) is 0 Å². The molecule has 3 heteroatoms. The number of hydrogen-bond donors (Lipinski definition) is 2. The summed E-state index contributed by atoms with van der Waals surface area (Å²) >= 11 is 0. The Morgan fingerprint density at radius 3 is 2.93 bits per heavy atom. The standard InChI is InChI=1S/C12H16N2O/c1-2-15-11-3-4-12-9(8-11)7-10(14-12)5-6-13/h3-4,7-8,14H,2,5-6,13H2,1H3. The van der Waals surface area contributed by atoms with Crippen molar-refractivity contribution >= 4 is 10.9 Å². The van der Waals surface area contributed by atoms with E-state index >= 15 is 0 Å². The molecule has 2 aromatic rings. The van der Waals surface area contributed by atoms with Gasteiger partial charge in [-0.3, -0.25) is 0 Å². The van der Waals surface area contributed by atoms with Gasteiger partial charge < -0.3 is 15.5 Å². The molecule has 0 saturated heterocycles. The molecular formula is C12H16N2O. The highest BCUT2D eigenvalue weighted by molar-refractivity contribution is 5.81. The van der Waals surface area contributed by atoms with Crippen molar-refractivity contribution in [2.45, 2.75) is 13.3 Å². The van der Waals surface area contributed by atoms with E-state index in [0.717, 1.165) is 17.7 Å². The number of nitrogens with one attached hydrogen (secondary N) is 1. The van der Waals surface area contributed by atoms with Gasteiger partial charge in [0.25, 0.3) is 0 Å². The summed E-state index contributed by atoms with van der Waals surface area (Å²) in [5.41, 5.74) is 7.84. The Kier molecular flexibility index (Phi) is 2.92. The fraction of sp³-hybridized carbons (Fsp3) is 0.333. The van der Waals surface area contributed by atoms with Gasteiger partial charge >= 0.3 is 0 Å². The summed E-state index contributed by atoms with van der Waals surface area (Å²) in [5, 5.41) is 1.18. The van der Waals surface area contributed by atoms with Crippen LogP contribution in [-0.4, -0.2) is 18.1 Å². The second-order valence-corrected chi connectivity index (χ2v) is 3.52. The Balaban J connectivity index is 2.34. The Bertz CT molecular complexity index is 444. The van der Waals surface area contributed by atoms with Crippen LogP contribution in [0.1, 0.15) is 12.6 Å². The summed E-state index contributed by atoms with van der Waals surface area (Å²) < 4.78 is 5.44. The van der Waals surface area contributed by atoms with Crippen molar-refractivity contribution in [3.8, 4) is 5.75 Å². The first-order valence-electron chi connectivity index (χ1n) is 5.28. The normalized spacial score (nSPS) is 10.8. The molecule has 0 bridgehead atoms. The maximum Gasteiger partial charge on any atom is 0.120 e. The first kappa shape index (κ1) is 10.1. The van der Waals surface area contributed by atoms with Crippen LogP contribution in [0.25, 0.3) is 10.9 Å². The molecule has 15 heavy (non-hydrogen) atoms. The number of hydrogen-bond acceptors (Lipinski definition) is 2. The monoisotopic (exact) mass is 204 g/mol. The molecule has 0 aliphatic heterocycles. The van der Waals surface area contributed by atoms with Crippen LogP contribution in [-0.2, 0) is 6.42 Å². The summed E-state index contributed by atoms with van der Waals surface area (Å²) in [6.45, 7) is 3.36. The minimum atomic E-state index is 0.672. The number of aromatic nitrogens is 1. The van der Waals surface area contributed by atoms with Crippen LogP contribution < -0.4 is 10.5 Å². The maximum atomic E-state index is 5.52. The van der Waals surface area contributed by atoms with Gasteiger partial charge in [-0.1, -0.05) is 0 Å². The van der Waals surface area contributed by atoms with Crippen molar-refractivity contribution in [3.63, 3.8) is 0 Å². The largest absolute Gasteiger partial charge is 0.494 e. The number of fused-ring (bicyclic) bond motifs is 1. The topological polar surface area (TPSA) is 51.0 Å². The van der Waals surface area contributed by atoms with Gasteiger partial charge in [-0.15, -0.1) is 0 Å². The second-order valence-electron chi connectivity index (χ2n) is 3.52. The molecule has 0 atom stereocenters. The van der Waals surface area contributed by atoms with Crippen molar-refractivity contribution in [2.24, 2.45) is 5.73 Å². The summed E-state index contributed by atoms with van der Waals surface area (Å²) in [6.07, 6.45) is 0.888.